The van der Waals surface area contributed by atoms with E-state index < -0.39 is 0 Å². The van der Waals surface area contributed by atoms with Crippen LogP contribution in [-0.2, 0) is 0 Å². The molecular weight excluding hydrogens is 553 g/mol. The van der Waals surface area contributed by atoms with Crippen molar-refractivity contribution in [3.05, 3.63) is 162 Å². The molecule has 0 aromatic heterocycles. The average Bonchev–Trinajstić information content (AvgIpc) is 3.43. The monoisotopic (exact) mass is 588 g/mol. The van der Waals surface area contributed by atoms with E-state index in [0.29, 0.717) is 0 Å². The fourth-order valence-corrected chi connectivity index (χ4v) is 7.60. The molecule has 0 atom stereocenters. The molecule has 0 nitrogen and oxygen atoms in total. The standard InChI is InChI=1S/C46H36/c1-4-12-34(13-5-2)42-38-16-9-10-17-39(38)43(35-14-7-6-8-15-35)46-41-29-28-36(37-18-11-19-40(44(37)41)45(42)46)33-26-24-32(25-27-33)31-22-20-30(3)21-23-31/h4-8,11-29H,1,9-10H2,2-3H3/b13-5-,34-12+. The van der Waals surface area contributed by atoms with E-state index >= 15 is 0 Å². The highest BCUT2D eigenvalue weighted by molar-refractivity contribution is 6.23. The third-order valence-corrected chi connectivity index (χ3v) is 9.60. The highest BCUT2D eigenvalue weighted by Crippen LogP contribution is 2.53. The fraction of sp³-hybridized carbons (Fsp3) is 0.0870. The van der Waals surface area contributed by atoms with Gasteiger partial charge in [0.05, 0.1) is 0 Å². The van der Waals surface area contributed by atoms with Crippen molar-refractivity contribution in [1.82, 2.24) is 0 Å². The number of hydrogen-bond donors (Lipinski definition) is 0. The summed E-state index contributed by atoms with van der Waals surface area (Å²) in [6, 6.07) is 40.4. The first-order valence-electron chi connectivity index (χ1n) is 16.3. The Morgan fingerprint density at radius 2 is 1.24 bits per heavy atom. The lowest BCUT2D eigenvalue weighted by Crippen LogP contribution is -2.33. The second kappa shape index (κ2) is 11.5. The number of benzene rings is 6. The predicted molar refractivity (Wildman–Crippen MR) is 200 cm³/mol. The Morgan fingerprint density at radius 1 is 0.587 bits per heavy atom. The van der Waals surface area contributed by atoms with Crippen LogP contribution in [0.1, 0.15) is 30.9 Å². The summed E-state index contributed by atoms with van der Waals surface area (Å²) in [5.74, 6) is 0. The first kappa shape index (κ1) is 28.0. The van der Waals surface area contributed by atoms with Crippen molar-refractivity contribution in [3.63, 3.8) is 0 Å². The van der Waals surface area contributed by atoms with Crippen LogP contribution >= 0.6 is 0 Å². The molecule has 0 spiro atoms. The molecule has 0 amide bonds. The summed E-state index contributed by atoms with van der Waals surface area (Å²) in [7, 11) is 0. The van der Waals surface area contributed by atoms with Crippen LogP contribution in [0.2, 0.25) is 0 Å². The molecule has 46 heavy (non-hydrogen) atoms. The molecule has 0 saturated carbocycles. The summed E-state index contributed by atoms with van der Waals surface area (Å²) < 4.78 is 0. The molecule has 6 aromatic rings. The van der Waals surface area contributed by atoms with E-state index in [-0.39, 0.29) is 0 Å². The first-order chi connectivity index (χ1) is 22.7. The third kappa shape index (κ3) is 4.44. The number of allylic oxidation sites excluding steroid dienone is 5. The van der Waals surface area contributed by atoms with Crippen LogP contribution in [0.25, 0.3) is 84.1 Å². The molecule has 8 rings (SSSR count). The van der Waals surface area contributed by atoms with E-state index in [1.807, 2.05) is 6.08 Å². The Kier molecular flexibility index (Phi) is 7.00. The van der Waals surface area contributed by atoms with E-state index in [4.69, 9.17) is 0 Å². The zero-order chi connectivity index (χ0) is 31.2. The molecule has 0 radical (unpaired) electrons. The molecule has 2 aliphatic carbocycles. The molecule has 0 unspecified atom stereocenters. The number of aryl methyl sites for hydroxylation is 1. The molecule has 0 heteroatoms. The lowest BCUT2D eigenvalue weighted by atomic mass is 9.82. The molecule has 2 aliphatic rings. The molecule has 0 aliphatic heterocycles. The van der Waals surface area contributed by atoms with Crippen molar-refractivity contribution in [2.45, 2.75) is 26.7 Å². The van der Waals surface area contributed by atoms with Gasteiger partial charge in [0.1, 0.15) is 0 Å². The fourth-order valence-electron chi connectivity index (χ4n) is 7.60. The third-order valence-electron chi connectivity index (χ3n) is 9.60. The normalized spacial score (nSPS) is 13.3. The summed E-state index contributed by atoms with van der Waals surface area (Å²) in [5.41, 5.74) is 16.7. The lowest BCUT2D eigenvalue weighted by Gasteiger charge is -2.20. The van der Waals surface area contributed by atoms with E-state index in [0.717, 1.165) is 12.8 Å². The minimum atomic E-state index is 1.05. The SMILES string of the molecule is C=C/C=C(\C=C/C)c1c2c(c(-c3ccccc3)c3c1=CCCC=3)-c1ccc(-c3ccc(-c4ccc(C)cc4)cc3)c3cccc-2c13. The van der Waals surface area contributed by atoms with Crippen LogP contribution < -0.4 is 10.4 Å². The minimum absolute atomic E-state index is 1.05. The zero-order valence-corrected chi connectivity index (χ0v) is 26.5. The molecule has 220 valence electrons. The van der Waals surface area contributed by atoms with E-state index in [1.54, 1.807) is 0 Å². The molecular formula is C46H36. The summed E-state index contributed by atoms with van der Waals surface area (Å²) in [4.78, 5) is 0. The Balaban J connectivity index is 1.43. The summed E-state index contributed by atoms with van der Waals surface area (Å²) >= 11 is 0. The average molecular weight is 589 g/mol. The van der Waals surface area contributed by atoms with Crippen molar-refractivity contribution in [2.75, 3.05) is 0 Å². The quantitative estimate of drug-likeness (QED) is 0.170. The molecule has 0 bridgehead atoms. The summed E-state index contributed by atoms with van der Waals surface area (Å²) in [6.07, 6.45) is 15.5. The van der Waals surface area contributed by atoms with Crippen molar-refractivity contribution >= 4 is 28.5 Å². The zero-order valence-electron chi connectivity index (χ0n) is 26.5. The highest BCUT2D eigenvalue weighted by atomic mass is 14.3. The Hall–Kier alpha value is -5.46. The second-order valence-corrected chi connectivity index (χ2v) is 12.4. The number of rotatable bonds is 6. The maximum Gasteiger partial charge on any atom is -0.000753 e. The lowest BCUT2D eigenvalue weighted by molar-refractivity contribution is 1.12. The second-order valence-electron chi connectivity index (χ2n) is 12.4. The predicted octanol–water partition coefficient (Wildman–Crippen LogP) is 11.3. The van der Waals surface area contributed by atoms with Gasteiger partial charge in [0.15, 0.2) is 0 Å². The van der Waals surface area contributed by atoms with Gasteiger partial charge in [-0.05, 0) is 115 Å². The van der Waals surface area contributed by atoms with Crippen LogP contribution in [0.5, 0.6) is 0 Å². The number of hydrogen-bond acceptors (Lipinski definition) is 0. The van der Waals surface area contributed by atoms with Gasteiger partial charge in [-0.3, -0.25) is 0 Å². The molecule has 0 N–H and O–H groups in total. The smallest absolute Gasteiger partial charge is 0.000753 e. The maximum absolute atomic E-state index is 4.10. The van der Waals surface area contributed by atoms with Gasteiger partial charge in [-0.1, -0.05) is 158 Å². The van der Waals surface area contributed by atoms with E-state index in [9.17, 15) is 0 Å². The van der Waals surface area contributed by atoms with Crippen molar-refractivity contribution < 1.29 is 0 Å². The molecule has 0 heterocycles. The Morgan fingerprint density at radius 3 is 1.96 bits per heavy atom. The van der Waals surface area contributed by atoms with Crippen LogP contribution in [-0.4, -0.2) is 0 Å². The van der Waals surface area contributed by atoms with Gasteiger partial charge in [0, 0.05) is 0 Å². The summed E-state index contributed by atoms with van der Waals surface area (Å²) in [6.45, 7) is 8.34. The van der Waals surface area contributed by atoms with Crippen LogP contribution in [0.4, 0.5) is 0 Å². The van der Waals surface area contributed by atoms with Crippen LogP contribution in [0, 0.1) is 6.92 Å². The maximum atomic E-state index is 4.10. The van der Waals surface area contributed by atoms with Gasteiger partial charge in [-0.15, -0.1) is 0 Å². The van der Waals surface area contributed by atoms with Gasteiger partial charge in [0.2, 0.25) is 0 Å². The van der Waals surface area contributed by atoms with Gasteiger partial charge < -0.3 is 0 Å². The van der Waals surface area contributed by atoms with E-state index in [2.05, 4.69) is 160 Å². The van der Waals surface area contributed by atoms with Crippen LogP contribution in [0.15, 0.2) is 140 Å². The molecule has 6 aromatic carbocycles. The van der Waals surface area contributed by atoms with Crippen molar-refractivity contribution in [1.29, 1.82) is 0 Å². The molecule has 0 fully saturated rings. The summed E-state index contributed by atoms with van der Waals surface area (Å²) in [5, 5.41) is 5.33. The number of fused-ring (bicyclic) bond motifs is 4. The topological polar surface area (TPSA) is 0 Å². The minimum Gasteiger partial charge on any atom is -0.0990 e. The van der Waals surface area contributed by atoms with Crippen molar-refractivity contribution in [2.24, 2.45) is 0 Å². The van der Waals surface area contributed by atoms with Crippen molar-refractivity contribution in [3.8, 4) is 55.6 Å². The van der Waals surface area contributed by atoms with Gasteiger partial charge in [-0.25, -0.2) is 0 Å². The van der Waals surface area contributed by atoms with Crippen LogP contribution in [0.3, 0.4) is 0 Å². The van der Waals surface area contributed by atoms with E-state index in [1.165, 1.54) is 93.5 Å². The van der Waals surface area contributed by atoms with Gasteiger partial charge >= 0.3 is 0 Å². The van der Waals surface area contributed by atoms with Gasteiger partial charge in [-0.2, -0.15) is 0 Å². The Labute approximate surface area is 271 Å². The highest BCUT2D eigenvalue weighted by Gasteiger charge is 2.30. The van der Waals surface area contributed by atoms with Gasteiger partial charge in [0.25, 0.3) is 0 Å². The Bertz CT molecular complexity index is 2340. The first-order valence-corrected chi connectivity index (χ1v) is 16.3. The largest absolute Gasteiger partial charge is 0.0990 e. The molecule has 0 saturated heterocycles.